The second-order valence-electron chi connectivity index (χ2n) is 12.3. The van der Waals surface area contributed by atoms with Crippen LogP contribution >= 0.6 is 34.8 Å². The molecule has 2 aliphatic carbocycles. The topological polar surface area (TPSA) is 54.5 Å². The molecular weight excluding hydrogens is 649 g/mol. The van der Waals surface area contributed by atoms with Gasteiger partial charge >= 0.3 is 0 Å². The summed E-state index contributed by atoms with van der Waals surface area (Å²) in [7, 11) is 0. The minimum absolute atomic E-state index is 0.216. The van der Waals surface area contributed by atoms with Crippen molar-refractivity contribution >= 4 is 69.2 Å². The van der Waals surface area contributed by atoms with Crippen LogP contribution in [0.15, 0.2) is 127 Å². The van der Waals surface area contributed by atoms with Gasteiger partial charge in [0.1, 0.15) is 0 Å². The number of halogens is 3. The monoisotopic (exact) mass is 673 g/mol. The van der Waals surface area contributed by atoms with Crippen molar-refractivity contribution in [3.05, 3.63) is 170 Å². The highest BCUT2D eigenvalue weighted by molar-refractivity contribution is 6.39. The zero-order chi connectivity index (χ0) is 32.7. The highest BCUT2D eigenvalue weighted by Gasteiger charge is 2.82. The fourth-order valence-electron chi connectivity index (χ4n) is 8.42. The molecule has 8 rings (SSSR count). The fraction of sp³-hybridized carbons (Fsp3) is 0.125. The summed E-state index contributed by atoms with van der Waals surface area (Å²) in [6, 6.07) is 38.8. The summed E-state index contributed by atoms with van der Waals surface area (Å²) in [5.41, 5.74) is 2.27. The largest absolute Gasteiger partial charge is 0.297 e. The van der Waals surface area contributed by atoms with Crippen molar-refractivity contribution in [3.8, 4) is 0 Å². The number of Topliss-reactive ketones (excluding diaryl/α,β-unsaturated/α-hetero) is 1. The van der Waals surface area contributed by atoms with Crippen LogP contribution in [-0.2, 0) is 25.2 Å². The van der Waals surface area contributed by atoms with Crippen LogP contribution in [0.25, 0.3) is 11.1 Å². The molecule has 4 atom stereocenters. The molecule has 47 heavy (non-hydrogen) atoms. The number of hydrogen-bond donors (Lipinski definition) is 0. The summed E-state index contributed by atoms with van der Waals surface area (Å²) in [5.74, 6) is -3.21. The predicted octanol–water partition coefficient (Wildman–Crippen LogP) is 9.14. The molecule has 5 aromatic carbocycles. The molecule has 1 saturated carbocycles. The molecular formula is C40H26Cl3NO3. The minimum atomic E-state index is -1.53. The number of benzene rings is 5. The van der Waals surface area contributed by atoms with E-state index in [0.717, 1.165) is 16.7 Å². The lowest BCUT2D eigenvalue weighted by molar-refractivity contribution is -0.130. The Morgan fingerprint density at radius 1 is 0.532 bits per heavy atom. The molecule has 4 nitrogen and oxygen atoms in total. The number of amides is 2. The van der Waals surface area contributed by atoms with Crippen molar-refractivity contribution in [1.29, 1.82) is 0 Å². The molecule has 2 amide bonds. The summed E-state index contributed by atoms with van der Waals surface area (Å²) in [6.45, 7) is 1.84. The number of ketones is 1. The maximum atomic E-state index is 16.0. The van der Waals surface area contributed by atoms with Crippen molar-refractivity contribution in [2.75, 3.05) is 4.90 Å². The Bertz CT molecular complexity index is 2020. The molecule has 7 heteroatoms. The van der Waals surface area contributed by atoms with Gasteiger partial charge in [0, 0.05) is 15.1 Å². The number of imide groups is 1. The lowest BCUT2D eigenvalue weighted by Crippen LogP contribution is -2.45. The zero-order valence-corrected chi connectivity index (χ0v) is 27.4. The first-order valence-corrected chi connectivity index (χ1v) is 16.4. The van der Waals surface area contributed by atoms with E-state index in [4.69, 9.17) is 34.8 Å². The molecule has 1 saturated heterocycles. The van der Waals surface area contributed by atoms with E-state index in [1.54, 1.807) is 42.5 Å². The minimum Gasteiger partial charge on any atom is -0.297 e. The third-order valence-corrected chi connectivity index (χ3v) is 10.9. The van der Waals surface area contributed by atoms with Gasteiger partial charge in [-0.1, -0.05) is 126 Å². The Morgan fingerprint density at radius 3 is 1.36 bits per heavy atom. The van der Waals surface area contributed by atoms with Gasteiger partial charge in [-0.2, -0.15) is 0 Å². The standard InChI is InChI=1S/C40H26Cl3NO3/c1-23-12-17-30(43)22-31(23)44-36(45)34-35(37(44)46)40(27-15-20-29(42)21-16-27)33(25-10-6-3-7-11-25)32(24-8-4-2-5-9-24)39(34,38(40)47)26-13-18-28(41)19-14-26/h2-22,34-35H,1H3/t34-,35-,39+,40+/m1/s1. The highest BCUT2D eigenvalue weighted by Crippen LogP contribution is 2.74. The van der Waals surface area contributed by atoms with Crippen LogP contribution in [0.4, 0.5) is 5.69 Å². The summed E-state index contributed by atoms with van der Waals surface area (Å²) in [5, 5.41) is 1.38. The SMILES string of the molecule is Cc1ccc(Cl)cc1N1C(=O)[C@H]2[C@H](C1=O)[C@@]1(c3ccc(Cl)cc3)C(=O)[C@@]2(c2ccc(Cl)cc2)C(c2ccccc2)=C1c1ccccc1. The second kappa shape index (κ2) is 10.8. The average molecular weight is 675 g/mol. The van der Waals surface area contributed by atoms with E-state index in [0.29, 0.717) is 43.0 Å². The fourth-order valence-corrected chi connectivity index (χ4v) is 8.84. The molecule has 0 N–H and O–H groups in total. The summed E-state index contributed by atoms with van der Waals surface area (Å²) in [4.78, 5) is 47.5. The van der Waals surface area contributed by atoms with Crippen LogP contribution in [0.3, 0.4) is 0 Å². The molecule has 3 aliphatic rings. The number of carbonyl (C=O) groups is 3. The van der Waals surface area contributed by atoms with Gasteiger partial charge in [0.2, 0.25) is 11.8 Å². The highest BCUT2D eigenvalue weighted by atomic mass is 35.5. The first-order chi connectivity index (χ1) is 22.7. The quantitative estimate of drug-likeness (QED) is 0.175. The number of aryl methyl sites for hydroxylation is 1. The number of anilines is 1. The van der Waals surface area contributed by atoms with Crippen molar-refractivity contribution in [2.24, 2.45) is 11.8 Å². The second-order valence-corrected chi connectivity index (χ2v) is 13.6. The maximum absolute atomic E-state index is 16.0. The van der Waals surface area contributed by atoms with E-state index in [9.17, 15) is 0 Å². The molecule has 1 heterocycles. The van der Waals surface area contributed by atoms with Gasteiger partial charge in [0.05, 0.1) is 28.4 Å². The van der Waals surface area contributed by atoms with Crippen molar-refractivity contribution in [2.45, 2.75) is 17.8 Å². The Labute approximate surface area is 287 Å². The van der Waals surface area contributed by atoms with Crippen molar-refractivity contribution in [1.82, 2.24) is 0 Å². The molecule has 5 aromatic rings. The van der Waals surface area contributed by atoms with Crippen molar-refractivity contribution in [3.63, 3.8) is 0 Å². The zero-order valence-electron chi connectivity index (χ0n) is 25.1. The first-order valence-electron chi connectivity index (χ1n) is 15.3. The van der Waals surface area contributed by atoms with E-state index in [1.165, 1.54) is 4.90 Å². The molecule has 2 bridgehead atoms. The number of allylic oxidation sites excluding steroid dienone is 2. The van der Waals surface area contributed by atoms with Crippen LogP contribution < -0.4 is 4.90 Å². The molecule has 0 radical (unpaired) electrons. The normalized spacial score (nSPS) is 24.8. The number of nitrogens with zero attached hydrogens (tertiary/aromatic N) is 1. The van der Waals surface area contributed by atoms with Crippen LogP contribution in [-0.4, -0.2) is 17.6 Å². The molecule has 0 spiro atoms. The Balaban J connectivity index is 1.56. The predicted molar refractivity (Wildman–Crippen MR) is 187 cm³/mol. The first kappa shape index (κ1) is 29.9. The summed E-state index contributed by atoms with van der Waals surface area (Å²) in [6.07, 6.45) is 0. The molecule has 0 aromatic heterocycles. The van der Waals surface area contributed by atoms with Gasteiger partial charge < -0.3 is 0 Å². The number of rotatable bonds is 5. The summed E-state index contributed by atoms with van der Waals surface area (Å²) < 4.78 is 0. The summed E-state index contributed by atoms with van der Waals surface area (Å²) >= 11 is 19.3. The van der Waals surface area contributed by atoms with Gasteiger partial charge in [-0.15, -0.1) is 0 Å². The van der Waals surface area contributed by atoms with E-state index >= 15 is 14.4 Å². The van der Waals surface area contributed by atoms with E-state index in [-0.39, 0.29) is 5.78 Å². The Kier molecular flexibility index (Phi) is 6.86. The molecule has 0 unspecified atom stereocenters. The van der Waals surface area contributed by atoms with Gasteiger partial charge in [-0.3, -0.25) is 14.4 Å². The van der Waals surface area contributed by atoms with Crippen molar-refractivity contribution < 1.29 is 14.4 Å². The van der Waals surface area contributed by atoms with Crippen LogP contribution in [0, 0.1) is 18.8 Å². The molecule has 2 fully saturated rings. The van der Waals surface area contributed by atoms with Gasteiger partial charge in [-0.25, -0.2) is 4.90 Å². The van der Waals surface area contributed by atoms with Crippen LogP contribution in [0.5, 0.6) is 0 Å². The van der Waals surface area contributed by atoms with Gasteiger partial charge in [0.25, 0.3) is 0 Å². The van der Waals surface area contributed by atoms with Gasteiger partial charge in [-0.05, 0) is 82.3 Å². The number of fused-ring (bicyclic) bond motifs is 5. The molecule has 230 valence electrons. The number of carbonyl (C=O) groups excluding carboxylic acids is 3. The Morgan fingerprint density at radius 2 is 0.936 bits per heavy atom. The van der Waals surface area contributed by atoms with E-state index in [1.807, 2.05) is 91.9 Å². The lowest BCUT2D eigenvalue weighted by atomic mass is 9.59. The third-order valence-electron chi connectivity index (χ3n) is 10.1. The van der Waals surface area contributed by atoms with Gasteiger partial charge in [0.15, 0.2) is 5.78 Å². The number of hydrogen-bond acceptors (Lipinski definition) is 3. The van der Waals surface area contributed by atoms with Crippen LogP contribution in [0.2, 0.25) is 15.1 Å². The van der Waals surface area contributed by atoms with Crippen LogP contribution in [0.1, 0.15) is 27.8 Å². The lowest BCUT2D eigenvalue weighted by Gasteiger charge is -2.39. The molecule has 1 aliphatic heterocycles. The van der Waals surface area contributed by atoms with E-state index in [2.05, 4.69) is 0 Å². The third kappa shape index (κ3) is 3.93. The average Bonchev–Trinajstić information content (AvgIpc) is 3.59. The maximum Gasteiger partial charge on any atom is 0.239 e. The smallest absolute Gasteiger partial charge is 0.239 e. The Hall–Kier alpha value is -4.48. The van der Waals surface area contributed by atoms with E-state index < -0.39 is 34.5 Å².